The maximum atomic E-state index is 3.53. The highest BCUT2D eigenvalue weighted by Gasteiger charge is 2.36. The second kappa shape index (κ2) is 6.19. The highest BCUT2D eigenvalue weighted by molar-refractivity contribution is 4.94. The minimum absolute atomic E-state index is 0.315. The topological polar surface area (TPSA) is 15.3 Å². The molecule has 1 saturated carbocycles. The van der Waals surface area contributed by atoms with Crippen molar-refractivity contribution in [1.29, 1.82) is 0 Å². The van der Waals surface area contributed by atoms with Crippen molar-refractivity contribution in [1.82, 2.24) is 10.2 Å². The summed E-state index contributed by atoms with van der Waals surface area (Å²) in [5.74, 6) is 0.930. The normalized spacial score (nSPS) is 30.9. The molecule has 1 fully saturated rings. The molecule has 1 rings (SSSR count). The summed E-state index contributed by atoms with van der Waals surface area (Å²) in [5, 5.41) is 3.53. The van der Waals surface area contributed by atoms with Crippen LogP contribution in [0.2, 0.25) is 0 Å². The Morgan fingerprint density at radius 1 is 1.24 bits per heavy atom. The van der Waals surface area contributed by atoms with E-state index < -0.39 is 0 Å². The van der Waals surface area contributed by atoms with Crippen molar-refractivity contribution in [2.45, 2.75) is 77.4 Å². The summed E-state index contributed by atoms with van der Waals surface area (Å²) in [6.45, 7) is 9.38. The Kier molecular flexibility index (Phi) is 5.46. The van der Waals surface area contributed by atoms with Crippen LogP contribution in [0.5, 0.6) is 0 Å². The van der Waals surface area contributed by atoms with E-state index in [1.165, 1.54) is 32.1 Å². The van der Waals surface area contributed by atoms with Gasteiger partial charge in [0.2, 0.25) is 0 Å². The van der Waals surface area contributed by atoms with Crippen LogP contribution in [-0.2, 0) is 0 Å². The van der Waals surface area contributed by atoms with Gasteiger partial charge in [-0.25, -0.2) is 0 Å². The molecule has 3 unspecified atom stereocenters. The quantitative estimate of drug-likeness (QED) is 0.793. The molecule has 1 N–H and O–H groups in total. The monoisotopic (exact) mass is 240 g/mol. The van der Waals surface area contributed by atoms with E-state index >= 15 is 0 Å². The lowest BCUT2D eigenvalue weighted by molar-refractivity contribution is 0.0401. The Hall–Kier alpha value is -0.0800. The van der Waals surface area contributed by atoms with Crippen LogP contribution in [0.25, 0.3) is 0 Å². The van der Waals surface area contributed by atoms with Gasteiger partial charge in [-0.05, 0) is 59.5 Å². The largest absolute Gasteiger partial charge is 0.315 e. The van der Waals surface area contributed by atoms with E-state index in [1.807, 2.05) is 0 Å². The smallest absolute Gasteiger partial charge is 0.0254 e. The molecule has 102 valence electrons. The van der Waals surface area contributed by atoms with Crippen molar-refractivity contribution in [3.8, 4) is 0 Å². The molecular weight excluding hydrogens is 208 g/mol. The molecular formula is C15H32N2. The maximum Gasteiger partial charge on any atom is 0.0254 e. The summed E-state index contributed by atoms with van der Waals surface area (Å²) in [6, 6.07) is 1.38. The number of rotatable bonds is 5. The summed E-state index contributed by atoms with van der Waals surface area (Å²) in [6.07, 6.45) is 6.66. The number of nitrogens with one attached hydrogen (secondary N) is 1. The average Bonchev–Trinajstić information content (AvgIpc) is 2.36. The lowest BCUT2D eigenvalue weighted by Gasteiger charge is -2.47. The predicted octanol–water partition coefficient (Wildman–Crippen LogP) is 3.27. The highest BCUT2D eigenvalue weighted by atomic mass is 15.2. The number of likely N-dealkylation sites (N-methyl/N-ethyl adjacent to an activating group) is 2. The molecule has 0 radical (unpaired) electrons. The summed E-state index contributed by atoms with van der Waals surface area (Å²) < 4.78 is 0. The third-order valence-electron chi connectivity index (χ3n) is 5.19. The van der Waals surface area contributed by atoms with Gasteiger partial charge >= 0.3 is 0 Å². The summed E-state index contributed by atoms with van der Waals surface area (Å²) in [5.41, 5.74) is 0.315. The van der Waals surface area contributed by atoms with E-state index in [2.05, 4.69) is 52.0 Å². The zero-order valence-electron chi connectivity index (χ0n) is 12.7. The third-order valence-corrected chi connectivity index (χ3v) is 5.19. The molecule has 0 heterocycles. The van der Waals surface area contributed by atoms with Crippen molar-refractivity contribution >= 4 is 0 Å². The Labute approximate surface area is 108 Å². The van der Waals surface area contributed by atoms with Gasteiger partial charge in [0.25, 0.3) is 0 Å². The predicted molar refractivity (Wildman–Crippen MR) is 76.4 cm³/mol. The van der Waals surface area contributed by atoms with Gasteiger partial charge in [0, 0.05) is 17.6 Å². The fourth-order valence-corrected chi connectivity index (χ4v) is 3.07. The van der Waals surface area contributed by atoms with Gasteiger partial charge in [-0.2, -0.15) is 0 Å². The van der Waals surface area contributed by atoms with Gasteiger partial charge in [0.05, 0.1) is 0 Å². The molecule has 3 atom stereocenters. The van der Waals surface area contributed by atoms with Crippen LogP contribution in [-0.4, -0.2) is 36.6 Å². The Morgan fingerprint density at radius 3 is 2.35 bits per heavy atom. The summed E-state index contributed by atoms with van der Waals surface area (Å²) in [7, 11) is 4.44. The SMILES string of the molecule is CCC1CCC(NC)C(N(C)C(C)(C)CC)C1. The van der Waals surface area contributed by atoms with Gasteiger partial charge in [0.15, 0.2) is 0 Å². The van der Waals surface area contributed by atoms with Gasteiger partial charge in [0.1, 0.15) is 0 Å². The Bertz CT molecular complexity index is 225. The molecule has 0 aromatic rings. The van der Waals surface area contributed by atoms with Gasteiger partial charge in [-0.3, -0.25) is 4.90 Å². The molecule has 17 heavy (non-hydrogen) atoms. The lowest BCUT2D eigenvalue weighted by Crippen LogP contribution is -2.57. The molecule has 0 aromatic carbocycles. The Morgan fingerprint density at radius 2 is 1.88 bits per heavy atom. The van der Waals surface area contributed by atoms with Crippen molar-refractivity contribution in [2.24, 2.45) is 5.92 Å². The second-order valence-electron chi connectivity index (χ2n) is 6.33. The molecule has 0 saturated heterocycles. The van der Waals surface area contributed by atoms with E-state index in [-0.39, 0.29) is 0 Å². The number of hydrogen-bond donors (Lipinski definition) is 1. The van der Waals surface area contributed by atoms with Crippen LogP contribution >= 0.6 is 0 Å². The molecule has 1 aliphatic carbocycles. The highest BCUT2D eigenvalue weighted by Crippen LogP contribution is 2.33. The van der Waals surface area contributed by atoms with Crippen LogP contribution in [0, 0.1) is 5.92 Å². The fraction of sp³-hybridized carbons (Fsp3) is 1.00. The van der Waals surface area contributed by atoms with Crippen LogP contribution in [0.15, 0.2) is 0 Å². The maximum absolute atomic E-state index is 3.53. The minimum atomic E-state index is 0.315. The van der Waals surface area contributed by atoms with E-state index in [1.54, 1.807) is 0 Å². The third kappa shape index (κ3) is 3.45. The number of nitrogens with zero attached hydrogens (tertiary/aromatic N) is 1. The van der Waals surface area contributed by atoms with Crippen LogP contribution in [0.1, 0.15) is 59.8 Å². The van der Waals surface area contributed by atoms with Crippen molar-refractivity contribution < 1.29 is 0 Å². The molecule has 2 heteroatoms. The van der Waals surface area contributed by atoms with E-state index in [4.69, 9.17) is 0 Å². The van der Waals surface area contributed by atoms with Crippen LogP contribution in [0.3, 0.4) is 0 Å². The number of hydrogen-bond acceptors (Lipinski definition) is 2. The molecule has 0 aliphatic heterocycles. The van der Waals surface area contributed by atoms with Crippen molar-refractivity contribution in [3.05, 3.63) is 0 Å². The first-order valence-electron chi connectivity index (χ1n) is 7.36. The zero-order chi connectivity index (χ0) is 13.1. The second-order valence-corrected chi connectivity index (χ2v) is 6.33. The molecule has 0 amide bonds. The molecule has 0 bridgehead atoms. The van der Waals surface area contributed by atoms with E-state index in [9.17, 15) is 0 Å². The summed E-state index contributed by atoms with van der Waals surface area (Å²) in [4.78, 5) is 2.62. The molecule has 2 nitrogen and oxygen atoms in total. The van der Waals surface area contributed by atoms with E-state index in [0.29, 0.717) is 17.6 Å². The minimum Gasteiger partial charge on any atom is -0.315 e. The van der Waals surface area contributed by atoms with Crippen LogP contribution < -0.4 is 5.32 Å². The van der Waals surface area contributed by atoms with E-state index in [0.717, 1.165) is 5.92 Å². The first-order chi connectivity index (χ1) is 7.96. The van der Waals surface area contributed by atoms with Crippen molar-refractivity contribution in [3.63, 3.8) is 0 Å². The summed E-state index contributed by atoms with van der Waals surface area (Å²) >= 11 is 0. The van der Waals surface area contributed by atoms with Gasteiger partial charge in [-0.15, -0.1) is 0 Å². The molecule has 0 spiro atoms. The Balaban J connectivity index is 2.75. The first-order valence-corrected chi connectivity index (χ1v) is 7.36. The zero-order valence-corrected chi connectivity index (χ0v) is 12.7. The lowest BCUT2D eigenvalue weighted by atomic mass is 9.79. The molecule has 0 aromatic heterocycles. The van der Waals surface area contributed by atoms with Crippen molar-refractivity contribution in [2.75, 3.05) is 14.1 Å². The average molecular weight is 240 g/mol. The standard InChI is InChI=1S/C15H32N2/c1-7-12-9-10-13(16-5)14(11-12)17(6)15(3,4)8-2/h12-14,16H,7-11H2,1-6H3. The van der Waals surface area contributed by atoms with Gasteiger partial charge in [-0.1, -0.05) is 20.3 Å². The van der Waals surface area contributed by atoms with Gasteiger partial charge < -0.3 is 5.32 Å². The first kappa shape index (κ1) is 15.0. The van der Waals surface area contributed by atoms with Crippen LogP contribution in [0.4, 0.5) is 0 Å². The fourth-order valence-electron chi connectivity index (χ4n) is 3.07. The molecule has 1 aliphatic rings.